The van der Waals surface area contributed by atoms with Gasteiger partial charge in [-0.05, 0) is 64.6 Å². The van der Waals surface area contributed by atoms with Gasteiger partial charge in [0.2, 0.25) is 3.55 Å². The van der Waals surface area contributed by atoms with Gasteiger partial charge < -0.3 is 19.7 Å². The molecule has 0 aliphatic heterocycles. The fourth-order valence-corrected chi connectivity index (χ4v) is 5.65. The summed E-state index contributed by atoms with van der Waals surface area (Å²) in [5.41, 5.74) is 0.840. The van der Waals surface area contributed by atoms with Crippen molar-refractivity contribution in [1.82, 2.24) is 1.33 Å². The van der Waals surface area contributed by atoms with Crippen LogP contribution in [0.15, 0.2) is 48.5 Å². The number of alkyl halides is 2. The molecule has 0 aliphatic carbocycles. The summed E-state index contributed by atoms with van der Waals surface area (Å²) in [5, 5.41) is 18.3. The molecule has 166 valence electrons. The number of carbonyl (C=O) groups is 3. The maximum absolute atomic E-state index is 11.8. The van der Waals surface area contributed by atoms with E-state index in [0.29, 0.717) is 17.2 Å². The number of halogens is 4. The van der Waals surface area contributed by atoms with Gasteiger partial charge in [0, 0.05) is 45.7 Å². The van der Waals surface area contributed by atoms with E-state index in [9.17, 15) is 19.5 Å². The fourth-order valence-electron chi connectivity index (χ4n) is 2.30. The molecule has 8 nitrogen and oxygen atoms in total. The Bertz CT molecular complexity index is 937. The van der Waals surface area contributed by atoms with Gasteiger partial charge in [-0.2, -0.15) is 1.33 Å². The standard InChI is InChI=1S/C19H15I4NO7/c20-17(19(21,18(28)29)24(22)23)11-1-3-12(4-2-11)30-13-5-7-14(8-6-13)31-16(27)10-9-15(25)26/h1-8,17H,9-10H2,(H,25,26)(H,28,29). The van der Waals surface area contributed by atoms with Gasteiger partial charge in [0.1, 0.15) is 17.2 Å². The Labute approximate surface area is 233 Å². The molecule has 0 bridgehead atoms. The van der Waals surface area contributed by atoms with Crippen molar-refractivity contribution < 1.29 is 34.1 Å². The summed E-state index contributed by atoms with van der Waals surface area (Å²) in [4.78, 5) is 33.9. The zero-order valence-electron chi connectivity index (χ0n) is 15.5. The van der Waals surface area contributed by atoms with Crippen molar-refractivity contribution in [1.29, 1.82) is 0 Å². The van der Waals surface area contributed by atoms with Crippen LogP contribution in [-0.4, -0.2) is 33.0 Å². The molecule has 12 heteroatoms. The second-order valence-corrected chi connectivity index (χ2v) is 12.8. The summed E-state index contributed by atoms with van der Waals surface area (Å²) in [6, 6.07) is 13.5. The molecule has 0 saturated heterocycles. The van der Waals surface area contributed by atoms with E-state index in [1.807, 2.05) is 80.5 Å². The SMILES string of the molecule is O=C(O)CCC(=O)Oc1ccc(Oc2ccc(C(I)C(I)(C(=O)O)N(I)I)cc2)cc1. The number of carboxylic acid groups (broad SMARTS) is 2. The molecule has 0 saturated carbocycles. The lowest BCUT2D eigenvalue weighted by molar-refractivity contribution is -0.142. The van der Waals surface area contributed by atoms with Gasteiger partial charge in [0.25, 0.3) is 0 Å². The lowest BCUT2D eigenvalue weighted by Gasteiger charge is -2.31. The first-order chi connectivity index (χ1) is 14.5. The van der Waals surface area contributed by atoms with Crippen LogP contribution in [-0.2, 0) is 14.4 Å². The molecule has 0 radical (unpaired) electrons. The Morgan fingerprint density at radius 2 is 1.39 bits per heavy atom. The average molecular weight is 877 g/mol. The zero-order valence-corrected chi connectivity index (χ0v) is 24.1. The summed E-state index contributed by atoms with van der Waals surface area (Å²) in [5.74, 6) is -1.24. The van der Waals surface area contributed by atoms with Gasteiger partial charge in [0.05, 0.1) is 16.8 Å². The van der Waals surface area contributed by atoms with Gasteiger partial charge in [-0.1, -0.05) is 34.7 Å². The largest absolute Gasteiger partial charge is 0.481 e. The number of carbonyl (C=O) groups excluding carboxylic acids is 1. The molecule has 2 rings (SSSR count). The van der Waals surface area contributed by atoms with Crippen molar-refractivity contribution in [2.45, 2.75) is 20.3 Å². The van der Waals surface area contributed by atoms with E-state index in [0.717, 1.165) is 5.56 Å². The van der Waals surface area contributed by atoms with Crippen molar-refractivity contribution in [3.63, 3.8) is 0 Å². The first-order valence-corrected chi connectivity index (χ1v) is 12.8. The summed E-state index contributed by atoms with van der Waals surface area (Å²) in [7, 11) is 0. The number of esters is 1. The lowest BCUT2D eigenvalue weighted by Crippen LogP contribution is -2.43. The maximum atomic E-state index is 11.8. The average Bonchev–Trinajstić information content (AvgIpc) is 2.72. The van der Waals surface area contributed by atoms with E-state index in [4.69, 9.17) is 14.6 Å². The van der Waals surface area contributed by atoms with Crippen molar-refractivity contribution in [3.05, 3.63) is 54.1 Å². The number of hydrogen-bond acceptors (Lipinski definition) is 6. The molecule has 31 heavy (non-hydrogen) atoms. The van der Waals surface area contributed by atoms with Crippen LogP contribution in [0.5, 0.6) is 17.2 Å². The summed E-state index contributed by atoms with van der Waals surface area (Å²) in [6.45, 7) is 0. The topological polar surface area (TPSA) is 113 Å². The zero-order chi connectivity index (χ0) is 23.2. The molecular formula is C19H15I4NO7. The number of aliphatic carboxylic acids is 2. The van der Waals surface area contributed by atoms with Crippen LogP contribution in [0.1, 0.15) is 22.3 Å². The third-order valence-electron chi connectivity index (χ3n) is 3.89. The predicted octanol–water partition coefficient (Wildman–Crippen LogP) is 5.94. The monoisotopic (exact) mass is 877 g/mol. The highest BCUT2D eigenvalue weighted by Crippen LogP contribution is 2.47. The quantitative estimate of drug-likeness (QED) is 0.0754. The molecular weight excluding hydrogens is 862 g/mol. The smallest absolute Gasteiger partial charge is 0.337 e. The molecule has 2 unspecified atom stereocenters. The molecule has 2 aromatic carbocycles. The van der Waals surface area contributed by atoms with Gasteiger partial charge in [-0.15, -0.1) is 0 Å². The summed E-state index contributed by atoms with van der Waals surface area (Å²) in [6.07, 6.45) is -0.488. The molecule has 0 spiro atoms. The molecule has 0 amide bonds. The molecule has 0 aromatic heterocycles. The molecule has 2 aromatic rings. The van der Waals surface area contributed by atoms with Crippen LogP contribution < -0.4 is 9.47 Å². The van der Waals surface area contributed by atoms with Gasteiger partial charge in [-0.25, -0.2) is 4.79 Å². The Balaban J connectivity index is 2.02. The third kappa shape index (κ3) is 7.53. The second-order valence-electron chi connectivity index (χ2n) is 6.08. The van der Waals surface area contributed by atoms with Crippen molar-refractivity contribution in [2.24, 2.45) is 0 Å². The molecule has 0 aliphatic rings. The van der Waals surface area contributed by atoms with Crippen molar-refractivity contribution in [3.8, 4) is 17.2 Å². The van der Waals surface area contributed by atoms with Crippen LogP contribution >= 0.6 is 90.9 Å². The first kappa shape index (κ1) is 26.8. The highest BCUT2D eigenvalue weighted by Gasteiger charge is 2.47. The fraction of sp³-hybridized carbons (Fsp3) is 0.211. The van der Waals surface area contributed by atoms with Crippen molar-refractivity contribution >= 4 is 109 Å². The van der Waals surface area contributed by atoms with Crippen LogP contribution in [0.2, 0.25) is 0 Å². The summed E-state index contributed by atoms with van der Waals surface area (Å²) < 4.78 is 11.0. The molecule has 2 N–H and O–H groups in total. The van der Waals surface area contributed by atoms with E-state index < -0.39 is 21.5 Å². The van der Waals surface area contributed by atoms with E-state index in [1.165, 1.54) is 0 Å². The van der Waals surface area contributed by atoms with E-state index in [1.54, 1.807) is 37.7 Å². The Kier molecular flexibility index (Phi) is 10.5. The number of rotatable bonds is 10. The van der Waals surface area contributed by atoms with Crippen LogP contribution in [0.4, 0.5) is 0 Å². The minimum atomic E-state index is -1.13. The Morgan fingerprint density at radius 1 is 0.903 bits per heavy atom. The van der Waals surface area contributed by atoms with Gasteiger partial charge in [0.15, 0.2) is 0 Å². The highest BCUT2D eigenvalue weighted by atomic mass is 127. The second kappa shape index (κ2) is 12.1. The summed E-state index contributed by atoms with van der Waals surface area (Å²) >= 11 is 7.98. The van der Waals surface area contributed by atoms with Gasteiger partial charge >= 0.3 is 17.9 Å². The molecule has 0 heterocycles. The predicted molar refractivity (Wildman–Crippen MR) is 146 cm³/mol. The van der Waals surface area contributed by atoms with Crippen molar-refractivity contribution in [2.75, 3.05) is 0 Å². The third-order valence-corrected chi connectivity index (χ3v) is 11.6. The first-order valence-electron chi connectivity index (χ1n) is 8.52. The van der Waals surface area contributed by atoms with Crippen LogP contribution in [0.3, 0.4) is 0 Å². The Hall–Kier alpha value is -0.470. The Morgan fingerprint density at radius 3 is 1.84 bits per heavy atom. The lowest BCUT2D eigenvalue weighted by atomic mass is 10.1. The minimum Gasteiger partial charge on any atom is -0.481 e. The highest BCUT2D eigenvalue weighted by molar-refractivity contribution is 14.2. The van der Waals surface area contributed by atoms with E-state index in [-0.39, 0.29) is 16.8 Å². The van der Waals surface area contributed by atoms with E-state index >= 15 is 0 Å². The molecule has 0 fully saturated rings. The van der Waals surface area contributed by atoms with Gasteiger partial charge in [-0.3, -0.25) is 9.59 Å². The normalized spacial score (nSPS) is 13.8. The van der Waals surface area contributed by atoms with Crippen LogP contribution in [0.25, 0.3) is 0 Å². The van der Waals surface area contributed by atoms with Crippen LogP contribution in [0, 0.1) is 0 Å². The number of ether oxygens (including phenoxy) is 2. The number of carboxylic acids is 2. The number of nitrogens with zero attached hydrogens (tertiary/aromatic N) is 1. The number of hydrogen-bond donors (Lipinski definition) is 2. The maximum Gasteiger partial charge on any atom is 0.337 e. The molecule has 2 atom stereocenters. The number of benzene rings is 2. The minimum absolute atomic E-state index is 0.203. The van der Waals surface area contributed by atoms with E-state index in [2.05, 4.69) is 22.6 Å².